The molecule has 0 aromatic heterocycles. The van der Waals surface area contributed by atoms with Gasteiger partial charge in [0.25, 0.3) is 0 Å². The fourth-order valence-corrected chi connectivity index (χ4v) is 1.73. The third-order valence-electron chi connectivity index (χ3n) is 2.95. The second-order valence-electron chi connectivity index (χ2n) is 5.04. The molecule has 1 rings (SSSR count). The van der Waals surface area contributed by atoms with E-state index < -0.39 is 0 Å². The molecule has 0 fully saturated rings. The van der Waals surface area contributed by atoms with Crippen LogP contribution in [0.3, 0.4) is 0 Å². The monoisotopic (exact) mass is 280 g/mol. The van der Waals surface area contributed by atoms with Crippen LogP contribution in [0, 0.1) is 5.92 Å². The smallest absolute Gasteiger partial charge is 0.223 e. The number of rotatable bonds is 8. The van der Waals surface area contributed by atoms with E-state index in [1.165, 1.54) is 0 Å². The Kier molecular flexibility index (Phi) is 6.87. The van der Waals surface area contributed by atoms with E-state index in [1.807, 2.05) is 26.0 Å². The molecule has 5 heteroatoms. The number of carbonyl (C=O) groups excluding carboxylic acids is 1. The van der Waals surface area contributed by atoms with Crippen LogP contribution in [-0.2, 0) is 9.53 Å². The van der Waals surface area contributed by atoms with Crippen molar-refractivity contribution in [1.82, 2.24) is 5.32 Å². The number of carbonyl (C=O) groups is 1. The van der Waals surface area contributed by atoms with E-state index in [9.17, 15) is 4.79 Å². The molecule has 1 atom stereocenters. The van der Waals surface area contributed by atoms with Crippen LogP contribution < -0.4 is 15.8 Å². The van der Waals surface area contributed by atoms with Crippen molar-refractivity contribution in [2.24, 2.45) is 5.92 Å². The molecule has 0 aliphatic heterocycles. The lowest BCUT2D eigenvalue weighted by atomic mass is 10.1. The Bertz CT molecular complexity index is 421. The Morgan fingerprint density at radius 1 is 1.40 bits per heavy atom. The van der Waals surface area contributed by atoms with Crippen molar-refractivity contribution in [3.8, 4) is 5.75 Å². The minimum absolute atomic E-state index is 0.0277. The van der Waals surface area contributed by atoms with E-state index in [2.05, 4.69) is 5.32 Å². The van der Waals surface area contributed by atoms with Crippen LogP contribution in [-0.4, -0.2) is 32.3 Å². The molecule has 112 valence electrons. The Hall–Kier alpha value is -1.75. The highest BCUT2D eigenvalue weighted by atomic mass is 16.5. The van der Waals surface area contributed by atoms with Crippen LogP contribution in [0.4, 0.5) is 5.69 Å². The van der Waals surface area contributed by atoms with Crippen molar-refractivity contribution in [2.75, 3.05) is 26.1 Å². The van der Waals surface area contributed by atoms with Gasteiger partial charge in [-0.15, -0.1) is 0 Å². The van der Waals surface area contributed by atoms with E-state index >= 15 is 0 Å². The number of hydrogen-bond donors (Lipinski definition) is 2. The fourth-order valence-electron chi connectivity index (χ4n) is 1.73. The van der Waals surface area contributed by atoms with Crippen LogP contribution in [0.25, 0.3) is 0 Å². The van der Waals surface area contributed by atoms with Gasteiger partial charge in [0, 0.05) is 18.9 Å². The molecule has 0 bridgehead atoms. The summed E-state index contributed by atoms with van der Waals surface area (Å²) < 4.78 is 10.6. The molecular weight excluding hydrogens is 256 g/mol. The Labute approximate surface area is 120 Å². The van der Waals surface area contributed by atoms with Gasteiger partial charge in [0.15, 0.2) is 0 Å². The number of nitrogens with one attached hydrogen (secondary N) is 1. The number of hydrogen-bond acceptors (Lipinski definition) is 4. The normalized spacial score (nSPS) is 12.2. The molecule has 3 N–H and O–H groups in total. The van der Waals surface area contributed by atoms with Crippen LogP contribution in [0.2, 0.25) is 0 Å². The molecule has 0 saturated carbocycles. The second-order valence-corrected chi connectivity index (χ2v) is 5.04. The van der Waals surface area contributed by atoms with Crippen molar-refractivity contribution in [2.45, 2.75) is 26.3 Å². The highest BCUT2D eigenvalue weighted by Crippen LogP contribution is 2.14. The highest BCUT2D eigenvalue weighted by Gasteiger charge is 2.15. The third kappa shape index (κ3) is 5.93. The van der Waals surface area contributed by atoms with Gasteiger partial charge >= 0.3 is 0 Å². The average Bonchev–Trinajstić information content (AvgIpc) is 2.38. The van der Waals surface area contributed by atoms with Gasteiger partial charge in [0.1, 0.15) is 5.75 Å². The van der Waals surface area contributed by atoms with Gasteiger partial charge in [-0.2, -0.15) is 0 Å². The van der Waals surface area contributed by atoms with Crippen molar-refractivity contribution in [1.29, 1.82) is 0 Å². The molecule has 0 radical (unpaired) electrons. The van der Waals surface area contributed by atoms with E-state index in [1.54, 1.807) is 19.2 Å². The summed E-state index contributed by atoms with van der Waals surface area (Å²) in [7, 11) is 1.63. The van der Waals surface area contributed by atoms with Crippen LogP contribution in [0.1, 0.15) is 20.3 Å². The lowest BCUT2D eigenvalue weighted by Gasteiger charge is -2.21. The molecule has 0 aliphatic carbocycles. The van der Waals surface area contributed by atoms with Gasteiger partial charge in [-0.1, -0.05) is 19.9 Å². The molecule has 0 saturated heterocycles. The van der Waals surface area contributed by atoms with Crippen molar-refractivity contribution < 1.29 is 14.3 Å². The standard InChI is InChI=1S/C15H24N2O3/c1-11(2)14(10-19-3)17-15(18)7-8-20-13-6-4-5-12(16)9-13/h4-6,9,11,14H,7-8,10,16H2,1-3H3,(H,17,18). The summed E-state index contributed by atoms with van der Waals surface area (Å²) in [6, 6.07) is 7.19. The second kappa shape index (κ2) is 8.43. The van der Waals surface area contributed by atoms with Crippen molar-refractivity contribution in [3.05, 3.63) is 24.3 Å². The van der Waals surface area contributed by atoms with Gasteiger partial charge in [-0.25, -0.2) is 0 Å². The third-order valence-corrected chi connectivity index (χ3v) is 2.95. The van der Waals surface area contributed by atoms with E-state index in [0.29, 0.717) is 37.0 Å². The molecule has 1 amide bonds. The SMILES string of the molecule is COCC(NC(=O)CCOc1cccc(N)c1)C(C)C. The summed E-state index contributed by atoms with van der Waals surface area (Å²) in [5, 5.41) is 2.95. The summed E-state index contributed by atoms with van der Waals surface area (Å²) >= 11 is 0. The highest BCUT2D eigenvalue weighted by molar-refractivity contribution is 5.76. The molecule has 1 aromatic rings. The van der Waals surface area contributed by atoms with Crippen LogP contribution >= 0.6 is 0 Å². The number of nitrogen functional groups attached to an aromatic ring is 1. The van der Waals surface area contributed by atoms with Crippen LogP contribution in [0.5, 0.6) is 5.75 Å². The molecule has 20 heavy (non-hydrogen) atoms. The number of nitrogens with two attached hydrogens (primary N) is 1. The van der Waals surface area contributed by atoms with E-state index in [-0.39, 0.29) is 11.9 Å². The van der Waals surface area contributed by atoms with Crippen molar-refractivity contribution in [3.63, 3.8) is 0 Å². The van der Waals surface area contributed by atoms with Gasteiger partial charge in [0.2, 0.25) is 5.91 Å². The first-order valence-corrected chi connectivity index (χ1v) is 6.79. The summed E-state index contributed by atoms with van der Waals surface area (Å²) in [6.07, 6.45) is 0.307. The van der Waals surface area contributed by atoms with Gasteiger partial charge in [0.05, 0.1) is 25.7 Å². The lowest BCUT2D eigenvalue weighted by molar-refractivity contribution is -0.123. The summed E-state index contributed by atoms with van der Waals surface area (Å²) in [4.78, 5) is 11.8. The molecule has 0 aliphatic rings. The van der Waals surface area contributed by atoms with E-state index in [4.69, 9.17) is 15.2 Å². The molecule has 5 nitrogen and oxygen atoms in total. The van der Waals surface area contributed by atoms with Crippen LogP contribution in [0.15, 0.2) is 24.3 Å². The van der Waals surface area contributed by atoms with Crippen molar-refractivity contribution >= 4 is 11.6 Å². The fraction of sp³-hybridized carbons (Fsp3) is 0.533. The zero-order valence-electron chi connectivity index (χ0n) is 12.4. The minimum atomic E-state index is -0.0374. The maximum atomic E-state index is 11.8. The molecule has 1 unspecified atom stereocenters. The molecular formula is C15H24N2O3. The summed E-state index contributed by atoms with van der Waals surface area (Å²) in [5.41, 5.74) is 6.29. The number of ether oxygens (including phenoxy) is 2. The maximum Gasteiger partial charge on any atom is 0.223 e. The lowest BCUT2D eigenvalue weighted by Crippen LogP contribution is -2.42. The molecule has 0 heterocycles. The first-order chi connectivity index (χ1) is 9.52. The van der Waals surface area contributed by atoms with E-state index in [0.717, 1.165) is 0 Å². The zero-order chi connectivity index (χ0) is 15.0. The van der Waals surface area contributed by atoms with Gasteiger partial charge < -0.3 is 20.5 Å². The summed E-state index contributed by atoms with van der Waals surface area (Å²) in [6.45, 7) is 4.94. The number of anilines is 1. The predicted molar refractivity (Wildman–Crippen MR) is 79.6 cm³/mol. The predicted octanol–water partition coefficient (Wildman–Crippen LogP) is 1.82. The maximum absolute atomic E-state index is 11.8. The number of methoxy groups -OCH3 is 1. The number of amides is 1. The Balaban J connectivity index is 2.32. The quantitative estimate of drug-likeness (QED) is 0.712. The average molecular weight is 280 g/mol. The first-order valence-electron chi connectivity index (χ1n) is 6.79. The zero-order valence-corrected chi connectivity index (χ0v) is 12.4. The van der Waals surface area contributed by atoms with Gasteiger partial charge in [-0.3, -0.25) is 4.79 Å². The Morgan fingerprint density at radius 2 is 2.15 bits per heavy atom. The minimum Gasteiger partial charge on any atom is -0.493 e. The van der Waals surface area contributed by atoms with Gasteiger partial charge in [-0.05, 0) is 18.1 Å². The summed E-state index contributed by atoms with van der Waals surface area (Å²) in [5.74, 6) is 0.966. The Morgan fingerprint density at radius 3 is 2.75 bits per heavy atom. The largest absolute Gasteiger partial charge is 0.493 e. The topological polar surface area (TPSA) is 73.6 Å². The first kappa shape index (κ1) is 16.3. The molecule has 1 aromatic carbocycles. The number of benzene rings is 1. The molecule has 0 spiro atoms.